The van der Waals surface area contributed by atoms with E-state index in [1.165, 1.54) is 23.5 Å². The molecule has 4 N–H and O–H groups in total. The van der Waals surface area contributed by atoms with E-state index < -0.39 is 59.5 Å². The molecular weight excluding hydrogens is 614 g/mol. The maximum Gasteiger partial charge on any atom is 0.293 e. The number of carbonyl (C=O) groups is 6. The van der Waals surface area contributed by atoms with Gasteiger partial charge in [0.15, 0.2) is 0 Å². The summed E-state index contributed by atoms with van der Waals surface area (Å²) in [6.45, 7) is 9.37. The first kappa shape index (κ1) is 36.2. The number of anilines is 1. The molecule has 2 fully saturated rings. The predicted octanol–water partition coefficient (Wildman–Crippen LogP) is 2.49. The Labute approximate surface area is 281 Å². The molecule has 5 amide bonds. The van der Waals surface area contributed by atoms with Crippen LogP contribution in [0.25, 0.3) is 0 Å². The molecule has 1 aliphatic carbocycles. The number of nitrogens with one attached hydrogen (secondary N) is 4. The Hall–Kier alpha value is -4.68. The lowest BCUT2D eigenvalue weighted by Gasteiger charge is -2.33. The highest BCUT2D eigenvalue weighted by Crippen LogP contribution is 2.42. The summed E-state index contributed by atoms with van der Waals surface area (Å²) in [5, 5.41) is 11.0. The Morgan fingerprint density at radius 3 is 2.23 bits per heavy atom. The Morgan fingerprint density at radius 1 is 0.896 bits per heavy atom. The lowest BCUT2D eigenvalue weighted by molar-refractivity contribution is -0.144. The number of amides is 5. The SMILES string of the molecule is CCCC(NC(=O)[C@@H]1C2CCCC2CN1C(=O)[C@@H](NC(=O)[C@@H](NC(=O)c1cnccn1)C(C)C)C(C)C)C(=O)C(=O)Nc1ccccc1. The van der Waals surface area contributed by atoms with Crippen molar-refractivity contribution in [2.75, 3.05) is 11.9 Å². The lowest BCUT2D eigenvalue weighted by atomic mass is 9.92. The second kappa shape index (κ2) is 16.4. The first-order valence-electron chi connectivity index (χ1n) is 16.8. The van der Waals surface area contributed by atoms with Gasteiger partial charge in [-0.3, -0.25) is 33.8 Å². The summed E-state index contributed by atoms with van der Waals surface area (Å²) in [5.74, 6) is -4.24. The molecule has 2 aliphatic rings. The summed E-state index contributed by atoms with van der Waals surface area (Å²) >= 11 is 0. The minimum Gasteiger partial charge on any atom is -0.344 e. The van der Waals surface area contributed by atoms with Crippen LogP contribution >= 0.6 is 0 Å². The van der Waals surface area contributed by atoms with Gasteiger partial charge in [0.25, 0.3) is 11.8 Å². The van der Waals surface area contributed by atoms with Crippen molar-refractivity contribution in [2.24, 2.45) is 23.7 Å². The topological polar surface area (TPSA) is 180 Å². The third-order valence-corrected chi connectivity index (χ3v) is 9.17. The number of hydrogen-bond acceptors (Lipinski definition) is 8. The molecule has 13 nitrogen and oxygen atoms in total. The first-order valence-corrected chi connectivity index (χ1v) is 16.8. The van der Waals surface area contributed by atoms with Crippen LogP contribution in [0, 0.1) is 23.7 Å². The number of hydrogen-bond donors (Lipinski definition) is 4. The highest BCUT2D eigenvalue weighted by molar-refractivity contribution is 6.42. The highest BCUT2D eigenvalue weighted by atomic mass is 16.2. The first-order chi connectivity index (χ1) is 22.9. The molecule has 1 saturated heterocycles. The number of fused-ring (bicyclic) bond motifs is 1. The van der Waals surface area contributed by atoms with Crippen molar-refractivity contribution >= 4 is 41.0 Å². The smallest absolute Gasteiger partial charge is 0.293 e. The van der Waals surface area contributed by atoms with Crippen LogP contribution in [0.3, 0.4) is 0 Å². The van der Waals surface area contributed by atoms with Crippen molar-refractivity contribution in [1.29, 1.82) is 0 Å². The van der Waals surface area contributed by atoms with Gasteiger partial charge in [-0.2, -0.15) is 0 Å². The standard InChI is InChI=1S/C35H47N7O6/c1-6-11-25(30(43)34(47)38-23-13-8-7-9-14-23)39-33(46)29-24-15-10-12-22(24)19-42(29)35(48)28(21(4)5)41-32(45)27(20(2)3)40-31(44)26-18-36-16-17-37-26/h7-9,13-14,16-18,20-22,24-25,27-29H,6,10-12,15,19H2,1-5H3,(H,38,47)(H,39,46)(H,40,44)(H,41,45)/t22?,24?,25?,27-,28-,29-/m0/s1. The summed E-state index contributed by atoms with van der Waals surface area (Å²) in [6.07, 6.45) is 7.44. The largest absolute Gasteiger partial charge is 0.344 e. The molecule has 2 aromatic rings. The normalized spacial score (nSPS) is 20.4. The number of nitrogens with zero attached hydrogens (tertiary/aromatic N) is 3. The van der Waals surface area contributed by atoms with Gasteiger partial charge in [0.2, 0.25) is 23.5 Å². The Balaban J connectivity index is 1.50. The molecule has 1 aromatic heterocycles. The lowest BCUT2D eigenvalue weighted by Crippen LogP contribution is -2.60. The summed E-state index contributed by atoms with van der Waals surface area (Å²) in [4.78, 5) is 90.2. The van der Waals surface area contributed by atoms with Gasteiger partial charge in [0.1, 0.15) is 23.8 Å². The van der Waals surface area contributed by atoms with Crippen LogP contribution in [0.2, 0.25) is 0 Å². The van der Waals surface area contributed by atoms with E-state index in [9.17, 15) is 28.8 Å². The minimum absolute atomic E-state index is 0.0577. The Kier molecular flexibility index (Phi) is 12.4. The van der Waals surface area contributed by atoms with Gasteiger partial charge in [0, 0.05) is 24.6 Å². The summed E-state index contributed by atoms with van der Waals surface area (Å²) in [7, 11) is 0. The number of benzene rings is 1. The fourth-order valence-corrected chi connectivity index (χ4v) is 6.66. The number of ketones is 1. The molecule has 1 aliphatic heterocycles. The summed E-state index contributed by atoms with van der Waals surface area (Å²) < 4.78 is 0. The third kappa shape index (κ3) is 8.61. The van der Waals surface area contributed by atoms with Crippen LogP contribution < -0.4 is 21.3 Å². The number of Topliss-reactive ketones (excluding diaryl/α,β-unsaturated/α-hetero) is 1. The second-order valence-electron chi connectivity index (χ2n) is 13.3. The van der Waals surface area contributed by atoms with Crippen molar-refractivity contribution in [3.63, 3.8) is 0 Å². The fraction of sp³-hybridized carbons (Fsp3) is 0.543. The molecule has 4 rings (SSSR count). The molecule has 1 aromatic carbocycles. The minimum atomic E-state index is -1.06. The molecule has 1 saturated carbocycles. The van der Waals surface area contributed by atoms with Gasteiger partial charge in [-0.1, -0.05) is 65.7 Å². The van der Waals surface area contributed by atoms with E-state index in [2.05, 4.69) is 31.2 Å². The van der Waals surface area contributed by atoms with E-state index in [-0.39, 0.29) is 35.8 Å². The zero-order valence-electron chi connectivity index (χ0n) is 28.3. The molecular formula is C35H47N7O6. The summed E-state index contributed by atoms with van der Waals surface area (Å²) in [6, 6.07) is 4.74. The van der Waals surface area contributed by atoms with Crippen molar-refractivity contribution in [3.05, 3.63) is 54.6 Å². The van der Waals surface area contributed by atoms with E-state index in [0.29, 0.717) is 18.7 Å². The molecule has 13 heteroatoms. The van der Waals surface area contributed by atoms with Gasteiger partial charge in [-0.15, -0.1) is 0 Å². The monoisotopic (exact) mass is 661 g/mol. The molecule has 0 radical (unpaired) electrons. The van der Waals surface area contributed by atoms with Crippen molar-refractivity contribution in [2.45, 2.75) is 90.9 Å². The van der Waals surface area contributed by atoms with Crippen LogP contribution in [-0.4, -0.2) is 80.9 Å². The second-order valence-corrected chi connectivity index (χ2v) is 13.3. The average Bonchev–Trinajstić information content (AvgIpc) is 3.67. The Bertz CT molecular complexity index is 1470. The predicted molar refractivity (Wildman–Crippen MR) is 178 cm³/mol. The van der Waals surface area contributed by atoms with Crippen molar-refractivity contribution in [1.82, 2.24) is 30.8 Å². The van der Waals surface area contributed by atoms with Crippen LogP contribution in [-0.2, 0) is 24.0 Å². The fourth-order valence-electron chi connectivity index (χ4n) is 6.66. The molecule has 0 spiro atoms. The zero-order chi connectivity index (χ0) is 35.0. The average molecular weight is 662 g/mol. The van der Waals surface area contributed by atoms with Gasteiger partial charge in [-0.05, 0) is 55.1 Å². The van der Waals surface area contributed by atoms with E-state index in [1.807, 2.05) is 6.92 Å². The van der Waals surface area contributed by atoms with Crippen LogP contribution in [0.1, 0.15) is 77.2 Å². The molecule has 258 valence electrons. The summed E-state index contributed by atoms with van der Waals surface area (Å²) in [5.41, 5.74) is 0.524. The van der Waals surface area contributed by atoms with E-state index in [1.54, 1.807) is 58.0 Å². The Morgan fingerprint density at radius 2 is 1.60 bits per heavy atom. The van der Waals surface area contributed by atoms with E-state index in [0.717, 1.165) is 19.3 Å². The third-order valence-electron chi connectivity index (χ3n) is 9.17. The quantitative estimate of drug-likeness (QED) is 0.223. The number of rotatable bonds is 14. The number of carbonyl (C=O) groups excluding carboxylic acids is 6. The maximum atomic E-state index is 14.3. The maximum absolute atomic E-state index is 14.3. The molecule has 48 heavy (non-hydrogen) atoms. The van der Waals surface area contributed by atoms with Crippen LogP contribution in [0.4, 0.5) is 5.69 Å². The highest BCUT2D eigenvalue weighted by Gasteiger charge is 2.51. The zero-order valence-corrected chi connectivity index (χ0v) is 28.3. The van der Waals surface area contributed by atoms with E-state index in [4.69, 9.17) is 0 Å². The number of para-hydroxylation sites is 1. The van der Waals surface area contributed by atoms with Gasteiger partial charge >= 0.3 is 0 Å². The van der Waals surface area contributed by atoms with Crippen molar-refractivity contribution < 1.29 is 28.8 Å². The number of aromatic nitrogens is 2. The number of likely N-dealkylation sites (tertiary alicyclic amines) is 1. The van der Waals surface area contributed by atoms with Crippen molar-refractivity contribution in [3.8, 4) is 0 Å². The van der Waals surface area contributed by atoms with Crippen LogP contribution in [0.5, 0.6) is 0 Å². The molecule has 3 unspecified atom stereocenters. The van der Waals surface area contributed by atoms with Gasteiger partial charge < -0.3 is 26.2 Å². The molecule has 2 heterocycles. The van der Waals surface area contributed by atoms with Gasteiger partial charge in [0.05, 0.1) is 12.2 Å². The van der Waals surface area contributed by atoms with Crippen LogP contribution in [0.15, 0.2) is 48.9 Å². The van der Waals surface area contributed by atoms with E-state index >= 15 is 0 Å². The van der Waals surface area contributed by atoms with Gasteiger partial charge in [-0.25, -0.2) is 4.98 Å². The molecule has 0 bridgehead atoms. The molecule has 6 atom stereocenters.